The molecule has 2 heterocycles. The Hall–Kier alpha value is -1.14. The molecule has 3 rings (SSSR count). The predicted octanol–water partition coefficient (Wildman–Crippen LogP) is 4.18. The van der Waals surface area contributed by atoms with Crippen molar-refractivity contribution in [2.75, 3.05) is 20.8 Å². The van der Waals surface area contributed by atoms with Crippen molar-refractivity contribution in [3.63, 3.8) is 0 Å². The first kappa shape index (κ1) is 16.7. The Bertz CT molecular complexity index is 652. The number of thiophene rings is 1. The summed E-state index contributed by atoms with van der Waals surface area (Å²) < 4.78 is 24.4. The van der Waals surface area contributed by atoms with E-state index in [9.17, 15) is 0 Å². The Morgan fingerprint density at radius 2 is 2.13 bits per heavy atom. The Balaban J connectivity index is 1.83. The zero-order valence-electron chi connectivity index (χ0n) is 14.1. The fraction of sp³-hybridized carbons (Fsp3) is 0.556. The molecular weight excluding hydrogens is 312 g/mol. The van der Waals surface area contributed by atoms with Gasteiger partial charge in [0.2, 0.25) is 0 Å². The monoisotopic (exact) mass is 336 g/mol. The Morgan fingerprint density at radius 3 is 2.83 bits per heavy atom. The average molecular weight is 336 g/mol. The molecule has 23 heavy (non-hydrogen) atoms. The molecule has 5 heteroatoms. The van der Waals surface area contributed by atoms with E-state index in [2.05, 4.69) is 23.6 Å². The van der Waals surface area contributed by atoms with Crippen molar-refractivity contribution in [3.8, 4) is 5.75 Å². The summed E-state index contributed by atoms with van der Waals surface area (Å²) >= 11 is 1.72. The molecule has 1 aromatic heterocycles. The lowest BCUT2D eigenvalue weighted by atomic mass is 10.0. The minimum atomic E-state index is -0.0460. The van der Waals surface area contributed by atoms with Gasteiger partial charge in [-0.2, -0.15) is 0 Å². The summed E-state index contributed by atoms with van der Waals surface area (Å²) in [7, 11) is 3.44. The van der Waals surface area contributed by atoms with Crippen LogP contribution in [0.3, 0.4) is 0 Å². The first-order valence-electron chi connectivity index (χ1n) is 7.97. The number of hydrogen-bond donors (Lipinski definition) is 0. The first-order valence-corrected chi connectivity index (χ1v) is 8.85. The van der Waals surface area contributed by atoms with Crippen molar-refractivity contribution in [2.45, 2.75) is 44.7 Å². The third-order valence-electron chi connectivity index (χ3n) is 4.25. The second-order valence-electron chi connectivity index (χ2n) is 6.11. The molecule has 0 aliphatic carbocycles. The molecule has 1 aliphatic heterocycles. The van der Waals surface area contributed by atoms with Crippen LogP contribution in [0, 0.1) is 0 Å². The Morgan fingerprint density at radius 1 is 1.30 bits per heavy atom. The minimum Gasteiger partial charge on any atom is -0.496 e. The van der Waals surface area contributed by atoms with Crippen molar-refractivity contribution >= 4 is 21.4 Å². The van der Waals surface area contributed by atoms with Crippen LogP contribution in [0.5, 0.6) is 5.75 Å². The van der Waals surface area contributed by atoms with Gasteiger partial charge in [-0.3, -0.25) is 0 Å². The Kier molecular flexibility index (Phi) is 5.21. The van der Waals surface area contributed by atoms with E-state index in [1.807, 2.05) is 13.8 Å². The number of fused-ring (bicyclic) bond motifs is 1. The van der Waals surface area contributed by atoms with Gasteiger partial charge in [0.25, 0.3) is 0 Å². The summed E-state index contributed by atoms with van der Waals surface area (Å²) in [5.41, 5.74) is 1.09. The van der Waals surface area contributed by atoms with Gasteiger partial charge in [-0.05, 0) is 42.8 Å². The zero-order valence-corrected chi connectivity index (χ0v) is 14.9. The maximum absolute atomic E-state index is 6.24. The highest BCUT2D eigenvalue weighted by molar-refractivity contribution is 7.17. The maximum Gasteiger partial charge on any atom is 0.126 e. The van der Waals surface area contributed by atoms with Crippen LogP contribution in [0.25, 0.3) is 10.1 Å². The van der Waals surface area contributed by atoms with Crippen LogP contribution in [0.15, 0.2) is 23.6 Å². The molecule has 0 amide bonds. The summed E-state index contributed by atoms with van der Waals surface area (Å²) in [6.07, 6.45) is 0.970. The third-order valence-corrected chi connectivity index (χ3v) is 5.13. The molecule has 1 aromatic carbocycles. The third kappa shape index (κ3) is 3.53. The zero-order chi connectivity index (χ0) is 16.4. The molecule has 4 nitrogen and oxygen atoms in total. The standard InChI is InChI=1S/C18H24O4S/c1-11(2)21-10-17-16(20-4)8-15(22-17)13-7-12-5-6-23-18(12)9-14(13)19-3/h5-7,9,11,15-17H,8,10H2,1-4H3/t15-,16?,17-/m1/s1. The molecule has 1 aliphatic rings. The quantitative estimate of drug-likeness (QED) is 0.793. The number of hydrogen-bond acceptors (Lipinski definition) is 5. The second kappa shape index (κ2) is 7.18. The largest absolute Gasteiger partial charge is 0.496 e. The highest BCUT2D eigenvalue weighted by Crippen LogP contribution is 2.41. The number of rotatable bonds is 6. The molecule has 1 saturated heterocycles. The minimum absolute atomic E-state index is 0.0278. The maximum atomic E-state index is 6.24. The predicted molar refractivity (Wildman–Crippen MR) is 92.5 cm³/mol. The van der Waals surface area contributed by atoms with Gasteiger partial charge in [0.15, 0.2) is 0 Å². The van der Waals surface area contributed by atoms with Gasteiger partial charge in [-0.15, -0.1) is 11.3 Å². The molecule has 0 spiro atoms. The summed E-state index contributed by atoms with van der Waals surface area (Å²) in [5, 5.41) is 3.32. The van der Waals surface area contributed by atoms with E-state index in [1.54, 1.807) is 25.6 Å². The van der Waals surface area contributed by atoms with E-state index in [1.165, 1.54) is 10.1 Å². The van der Waals surface area contributed by atoms with Gasteiger partial charge in [0.1, 0.15) is 11.9 Å². The molecular formula is C18H24O4S. The van der Waals surface area contributed by atoms with E-state index in [0.29, 0.717) is 6.61 Å². The molecule has 1 unspecified atom stereocenters. The first-order chi connectivity index (χ1) is 11.1. The van der Waals surface area contributed by atoms with E-state index in [4.69, 9.17) is 18.9 Å². The van der Waals surface area contributed by atoms with Gasteiger partial charge < -0.3 is 18.9 Å². The smallest absolute Gasteiger partial charge is 0.126 e. The fourth-order valence-electron chi connectivity index (χ4n) is 3.04. The summed E-state index contributed by atoms with van der Waals surface area (Å²) in [5.74, 6) is 0.880. The normalized spacial score (nSPS) is 24.7. The molecule has 0 radical (unpaired) electrons. The van der Waals surface area contributed by atoms with Crippen LogP contribution in [0.4, 0.5) is 0 Å². The topological polar surface area (TPSA) is 36.9 Å². The lowest BCUT2D eigenvalue weighted by Crippen LogP contribution is -2.29. The van der Waals surface area contributed by atoms with E-state index in [0.717, 1.165) is 17.7 Å². The molecule has 0 N–H and O–H groups in total. The number of ether oxygens (including phenoxy) is 4. The molecule has 1 fully saturated rings. The molecule has 2 aromatic rings. The van der Waals surface area contributed by atoms with Gasteiger partial charge in [0.05, 0.1) is 32.0 Å². The van der Waals surface area contributed by atoms with Gasteiger partial charge >= 0.3 is 0 Å². The van der Waals surface area contributed by atoms with Gasteiger partial charge in [0, 0.05) is 23.8 Å². The number of methoxy groups -OCH3 is 2. The lowest BCUT2D eigenvalue weighted by molar-refractivity contribution is -0.0671. The van der Waals surface area contributed by atoms with Gasteiger partial charge in [-0.25, -0.2) is 0 Å². The Labute approximate surface area is 141 Å². The van der Waals surface area contributed by atoms with E-state index >= 15 is 0 Å². The molecule has 0 bridgehead atoms. The van der Waals surface area contributed by atoms with Crippen LogP contribution in [0.2, 0.25) is 0 Å². The van der Waals surface area contributed by atoms with Crippen LogP contribution < -0.4 is 4.74 Å². The number of benzene rings is 1. The van der Waals surface area contributed by atoms with Crippen LogP contribution >= 0.6 is 11.3 Å². The lowest BCUT2D eigenvalue weighted by Gasteiger charge is -2.19. The molecule has 3 atom stereocenters. The van der Waals surface area contributed by atoms with Crippen LogP contribution in [0.1, 0.15) is 31.9 Å². The van der Waals surface area contributed by atoms with Crippen LogP contribution in [-0.4, -0.2) is 39.1 Å². The average Bonchev–Trinajstić information content (AvgIpc) is 3.17. The summed E-state index contributed by atoms with van der Waals surface area (Å²) in [4.78, 5) is 0. The SMILES string of the molecule is COc1cc2sccc2cc1[C@H]1CC(OC)[C@@H](COC(C)C)O1. The van der Waals surface area contributed by atoms with Crippen molar-refractivity contribution in [1.29, 1.82) is 0 Å². The second-order valence-corrected chi connectivity index (χ2v) is 7.06. The highest BCUT2D eigenvalue weighted by Gasteiger charge is 2.37. The summed E-state index contributed by atoms with van der Waals surface area (Å²) in [6, 6.07) is 6.40. The molecule has 126 valence electrons. The van der Waals surface area contributed by atoms with Crippen LogP contribution in [-0.2, 0) is 14.2 Å². The van der Waals surface area contributed by atoms with Gasteiger partial charge in [-0.1, -0.05) is 0 Å². The van der Waals surface area contributed by atoms with E-state index < -0.39 is 0 Å². The van der Waals surface area contributed by atoms with Crippen molar-refractivity contribution in [1.82, 2.24) is 0 Å². The van der Waals surface area contributed by atoms with Crippen molar-refractivity contribution in [2.24, 2.45) is 0 Å². The highest BCUT2D eigenvalue weighted by atomic mass is 32.1. The van der Waals surface area contributed by atoms with E-state index in [-0.39, 0.29) is 24.4 Å². The molecule has 0 saturated carbocycles. The van der Waals surface area contributed by atoms with Crippen molar-refractivity contribution in [3.05, 3.63) is 29.1 Å². The fourth-order valence-corrected chi connectivity index (χ4v) is 3.84. The van der Waals surface area contributed by atoms with Crippen molar-refractivity contribution < 1.29 is 18.9 Å². The summed E-state index contributed by atoms with van der Waals surface area (Å²) in [6.45, 7) is 4.61.